The van der Waals surface area contributed by atoms with Crippen molar-refractivity contribution in [2.75, 3.05) is 14.2 Å². The maximum atomic E-state index is 13.6. The second kappa shape index (κ2) is 8.99. The van der Waals surface area contributed by atoms with Crippen LogP contribution in [0.2, 0.25) is 0 Å². The lowest BCUT2D eigenvalue weighted by Crippen LogP contribution is -2.43. The molecule has 0 amide bonds. The number of benzene rings is 2. The van der Waals surface area contributed by atoms with Crippen molar-refractivity contribution in [1.82, 2.24) is 5.32 Å². The van der Waals surface area contributed by atoms with E-state index in [0.29, 0.717) is 11.1 Å². The van der Waals surface area contributed by atoms with Gasteiger partial charge in [-0.15, -0.1) is 0 Å². The quantitative estimate of drug-likeness (QED) is 0.528. The van der Waals surface area contributed by atoms with Crippen LogP contribution >= 0.6 is 0 Å². The normalized spacial score (nSPS) is 23.2. The van der Waals surface area contributed by atoms with Crippen molar-refractivity contribution in [3.63, 3.8) is 0 Å². The molecule has 0 saturated carbocycles. The van der Waals surface area contributed by atoms with Crippen LogP contribution in [0, 0.1) is 5.92 Å². The van der Waals surface area contributed by atoms with Gasteiger partial charge in [-0.2, -0.15) is 0 Å². The summed E-state index contributed by atoms with van der Waals surface area (Å²) in [4.78, 5) is 36.7. The zero-order valence-electron chi connectivity index (χ0n) is 17.3. The number of sulfone groups is 1. The molecule has 1 fully saturated rings. The highest BCUT2D eigenvalue weighted by molar-refractivity contribution is 7.92. The number of ether oxygens (including phenoxy) is 2. The SMILES string of the molecule is COC(=O)[C@@H]1[C@H](S(=O)(=O)c2ccccc2)[C@@H](c2ccc(C(C)=O)cc2)N[C@H]1C(=O)OC. The molecule has 1 N–H and O–H groups in total. The molecule has 8 nitrogen and oxygen atoms in total. The van der Waals surface area contributed by atoms with Crippen molar-refractivity contribution in [3.8, 4) is 0 Å². The van der Waals surface area contributed by atoms with Gasteiger partial charge in [-0.1, -0.05) is 42.5 Å². The Bertz CT molecular complexity index is 1080. The lowest BCUT2D eigenvalue weighted by Gasteiger charge is -2.24. The average molecular weight is 445 g/mol. The van der Waals surface area contributed by atoms with E-state index in [1.807, 2.05) is 0 Å². The number of hydrogen-bond acceptors (Lipinski definition) is 8. The van der Waals surface area contributed by atoms with Crippen LogP contribution in [0.15, 0.2) is 59.5 Å². The van der Waals surface area contributed by atoms with Crippen LogP contribution in [0.4, 0.5) is 0 Å². The highest BCUT2D eigenvalue weighted by Crippen LogP contribution is 2.40. The standard InChI is InChI=1S/C22H23NO7S/c1-13(24)14-9-11-15(12-10-14)18-20(31(27,28)16-7-5-4-6-8-16)17(21(25)29-2)19(23-18)22(26)30-3/h4-12,17-20,23H,1-3H3/t17-,18+,19+,20-/m0/s1. The van der Waals surface area contributed by atoms with Gasteiger partial charge in [-0.05, 0) is 24.6 Å². The molecule has 1 aliphatic rings. The van der Waals surface area contributed by atoms with Gasteiger partial charge in [-0.25, -0.2) is 8.42 Å². The molecule has 0 spiro atoms. The van der Waals surface area contributed by atoms with Gasteiger partial charge in [-0.3, -0.25) is 19.7 Å². The van der Waals surface area contributed by atoms with Crippen LogP contribution in [0.3, 0.4) is 0 Å². The molecule has 3 rings (SSSR count). The minimum absolute atomic E-state index is 0.0200. The number of esters is 2. The summed E-state index contributed by atoms with van der Waals surface area (Å²) in [5, 5.41) is 1.62. The van der Waals surface area contributed by atoms with Gasteiger partial charge >= 0.3 is 11.9 Å². The van der Waals surface area contributed by atoms with E-state index >= 15 is 0 Å². The molecule has 2 aromatic carbocycles. The van der Waals surface area contributed by atoms with Crippen LogP contribution in [0.5, 0.6) is 0 Å². The van der Waals surface area contributed by atoms with Gasteiger partial charge < -0.3 is 9.47 Å². The van der Waals surface area contributed by atoms with Crippen molar-refractivity contribution in [1.29, 1.82) is 0 Å². The maximum Gasteiger partial charge on any atom is 0.323 e. The number of carbonyl (C=O) groups excluding carboxylic acids is 3. The number of hydrogen-bond donors (Lipinski definition) is 1. The summed E-state index contributed by atoms with van der Waals surface area (Å²) in [7, 11) is -1.78. The highest BCUT2D eigenvalue weighted by atomic mass is 32.2. The molecule has 0 aliphatic carbocycles. The van der Waals surface area contributed by atoms with Gasteiger partial charge in [0.1, 0.15) is 17.2 Å². The zero-order valence-corrected chi connectivity index (χ0v) is 18.1. The Morgan fingerprint density at radius 2 is 1.45 bits per heavy atom. The van der Waals surface area contributed by atoms with Gasteiger partial charge in [0.15, 0.2) is 15.6 Å². The van der Waals surface area contributed by atoms with Crippen LogP contribution in [-0.4, -0.2) is 51.7 Å². The summed E-state index contributed by atoms with van der Waals surface area (Å²) < 4.78 is 36.9. The van der Waals surface area contributed by atoms with Crippen molar-refractivity contribution in [2.24, 2.45) is 5.92 Å². The fourth-order valence-electron chi connectivity index (χ4n) is 3.89. The molecule has 164 valence electrons. The van der Waals surface area contributed by atoms with Gasteiger partial charge in [0, 0.05) is 5.56 Å². The first-order valence-electron chi connectivity index (χ1n) is 9.54. The molecule has 0 bridgehead atoms. The van der Waals surface area contributed by atoms with Crippen molar-refractivity contribution >= 4 is 27.6 Å². The maximum absolute atomic E-state index is 13.6. The average Bonchev–Trinajstić information content (AvgIpc) is 3.20. The van der Waals surface area contributed by atoms with Crippen LogP contribution < -0.4 is 5.32 Å². The Labute approximate surface area is 180 Å². The second-order valence-corrected chi connectivity index (χ2v) is 9.30. The smallest absolute Gasteiger partial charge is 0.323 e. The van der Waals surface area contributed by atoms with E-state index in [4.69, 9.17) is 9.47 Å². The largest absolute Gasteiger partial charge is 0.469 e. The van der Waals surface area contributed by atoms with E-state index in [1.165, 1.54) is 19.1 Å². The van der Waals surface area contributed by atoms with Crippen molar-refractivity contribution in [2.45, 2.75) is 29.2 Å². The Morgan fingerprint density at radius 3 is 1.97 bits per heavy atom. The third-order valence-corrected chi connectivity index (χ3v) is 7.65. The van der Waals surface area contributed by atoms with Gasteiger partial charge in [0.05, 0.1) is 25.2 Å². The molecule has 1 saturated heterocycles. The molecular formula is C22H23NO7S. The number of nitrogens with one attached hydrogen (secondary N) is 1. The molecular weight excluding hydrogens is 422 g/mol. The summed E-state index contributed by atoms with van der Waals surface area (Å²) in [5.74, 6) is -3.08. The van der Waals surface area contributed by atoms with Crippen LogP contribution in [0.25, 0.3) is 0 Å². The van der Waals surface area contributed by atoms with Crippen molar-refractivity contribution < 1.29 is 32.3 Å². The summed E-state index contributed by atoms with van der Waals surface area (Å²) in [6.07, 6.45) is 0. The Hall–Kier alpha value is -3.04. The van der Waals surface area contributed by atoms with Crippen LogP contribution in [0.1, 0.15) is 28.9 Å². The molecule has 31 heavy (non-hydrogen) atoms. The first-order valence-corrected chi connectivity index (χ1v) is 11.1. The second-order valence-electron chi connectivity index (χ2n) is 7.19. The highest BCUT2D eigenvalue weighted by Gasteiger charge is 2.57. The predicted octanol–water partition coefficient (Wildman–Crippen LogP) is 1.71. The van der Waals surface area contributed by atoms with E-state index < -0.39 is 45.0 Å². The molecule has 0 unspecified atom stereocenters. The lowest BCUT2D eigenvalue weighted by molar-refractivity contribution is -0.153. The number of methoxy groups -OCH3 is 2. The monoisotopic (exact) mass is 445 g/mol. The minimum Gasteiger partial charge on any atom is -0.469 e. The molecule has 0 aromatic heterocycles. The van der Waals surface area contributed by atoms with Crippen LogP contribution in [-0.2, 0) is 28.9 Å². The van der Waals surface area contributed by atoms with E-state index in [-0.39, 0.29) is 10.7 Å². The molecule has 1 aliphatic heterocycles. The first kappa shape index (κ1) is 22.6. The zero-order chi connectivity index (χ0) is 22.8. The van der Waals surface area contributed by atoms with Gasteiger partial charge in [0.25, 0.3) is 0 Å². The Kier molecular flexibility index (Phi) is 6.56. The molecule has 2 aromatic rings. The minimum atomic E-state index is -4.08. The lowest BCUT2D eigenvalue weighted by atomic mass is 9.95. The fourth-order valence-corrected chi connectivity index (χ4v) is 5.99. The topological polar surface area (TPSA) is 116 Å². The number of rotatable bonds is 6. The third kappa shape index (κ3) is 4.24. The van der Waals surface area contributed by atoms with E-state index in [2.05, 4.69) is 5.32 Å². The van der Waals surface area contributed by atoms with E-state index in [9.17, 15) is 22.8 Å². The number of ketones is 1. The predicted molar refractivity (Wildman–Crippen MR) is 111 cm³/mol. The van der Waals surface area contributed by atoms with E-state index in [0.717, 1.165) is 14.2 Å². The fraction of sp³-hybridized carbons (Fsp3) is 0.318. The Balaban J connectivity index is 2.18. The summed E-state index contributed by atoms with van der Waals surface area (Å²) >= 11 is 0. The number of carbonyl (C=O) groups is 3. The Morgan fingerprint density at radius 1 is 0.871 bits per heavy atom. The summed E-state index contributed by atoms with van der Waals surface area (Å²) in [6.45, 7) is 1.42. The molecule has 4 atom stereocenters. The molecule has 1 heterocycles. The summed E-state index contributed by atoms with van der Waals surface area (Å²) in [6, 6.07) is 11.9. The molecule has 9 heteroatoms. The third-order valence-electron chi connectivity index (χ3n) is 5.44. The molecule has 0 radical (unpaired) electrons. The van der Waals surface area contributed by atoms with E-state index in [1.54, 1.807) is 42.5 Å². The summed E-state index contributed by atoms with van der Waals surface area (Å²) in [5.41, 5.74) is 0.966. The number of Topliss-reactive ketones (excluding diaryl/α,β-unsaturated/α-hetero) is 1. The first-order chi connectivity index (χ1) is 14.7. The van der Waals surface area contributed by atoms with Gasteiger partial charge in [0.2, 0.25) is 0 Å². The van der Waals surface area contributed by atoms with Crippen molar-refractivity contribution in [3.05, 3.63) is 65.7 Å².